The van der Waals surface area contributed by atoms with Crippen LogP contribution in [0.4, 0.5) is 0 Å². The molecule has 3 nitrogen and oxygen atoms in total. The van der Waals surface area contributed by atoms with Gasteiger partial charge in [0.1, 0.15) is 0 Å². The molecule has 0 radical (unpaired) electrons. The van der Waals surface area contributed by atoms with Gasteiger partial charge in [0.15, 0.2) is 6.40 Å². The van der Waals surface area contributed by atoms with Crippen molar-refractivity contribution in [3.05, 3.63) is 35.9 Å². The first-order valence-corrected chi connectivity index (χ1v) is 5.63. The van der Waals surface area contributed by atoms with Crippen LogP contribution < -0.4 is 0 Å². The predicted octanol–water partition coefficient (Wildman–Crippen LogP) is 0.790. The van der Waals surface area contributed by atoms with Crippen molar-refractivity contribution in [1.29, 1.82) is 0 Å². The Morgan fingerprint density at radius 3 is 2.69 bits per heavy atom. The minimum absolute atomic E-state index is 0.165. The van der Waals surface area contributed by atoms with Crippen LogP contribution in [0.1, 0.15) is 5.56 Å². The van der Waals surface area contributed by atoms with E-state index in [9.17, 15) is 5.11 Å². The number of hydrogen-bond acceptors (Lipinski definition) is 3. The number of hydrogen-bond donors (Lipinski definition) is 1. The Morgan fingerprint density at radius 2 is 2.12 bits per heavy atom. The molecule has 5 heteroatoms. The lowest BCUT2D eigenvalue weighted by atomic mass is 10.0. The number of halogens is 1. The molecule has 0 aromatic heterocycles. The van der Waals surface area contributed by atoms with E-state index < -0.39 is 6.10 Å². The lowest BCUT2D eigenvalue weighted by molar-refractivity contribution is 0.167. The Labute approximate surface area is 102 Å². The van der Waals surface area contributed by atoms with Crippen LogP contribution >= 0.6 is 11.6 Å². The zero-order chi connectivity index (χ0) is 11.8. The average molecular weight is 240 g/mol. The smallest absolute Gasteiger partial charge is 0.323 e. The van der Waals surface area contributed by atoms with Gasteiger partial charge in [-0.2, -0.15) is 0 Å². The van der Waals surface area contributed by atoms with Crippen molar-refractivity contribution in [2.75, 3.05) is 5.88 Å². The number of aliphatic hydroxyl groups excluding tert-OH is 1. The Kier molecular flexibility index (Phi) is 5.97. The Morgan fingerprint density at radius 1 is 1.44 bits per heavy atom. The van der Waals surface area contributed by atoms with Gasteiger partial charge in [0.25, 0.3) is 0 Å². The number of aliphatic hydroxyl groups is 1. The fraction of sp³-hybridized carbons (Fsp3) is 0.364. The van der Waals surface area contributed by atoms with E-state index in [1.54, 1.807) is 0 Å². The monoisotopic (exact) mass is 239 g/mol. The highest BCUT2D eigenvalue weighted by Gasteiger charge is 2.17. The van der Waals surface area contributed by atoms with E-state index in [2.05, 4.69) is 4.99 Å². The molecule has 16 heavy (non-hydrogen) atoms. The van der Waals surface area contributed by atoms with Gasteiger partial charge in [0.2, 0.25) is 0 Å². The topological polar surface area (TPSA) is 41.8 Å². The van der Waals surface area contributed by atoms with E-state index in [1.807, 2.05) is 30.3 Å². The van der Waals surface area contributed by atoms with Crippen molar-refractivity contribution in [3.63, 3.8) is 0 Å². The van der Waals surface area contributed by atoms with Gasteiger partial charge in [-0.25, -0.2) is 0 Å². The number of aliphatic imine (C=N–C) groups is 1. The molecule has 0 aliphatic heterocycles. The summed E-state index contributed by atoms with van der Waals surface area (Å²) in [4.78, 5) is 4.13. The Balaban J connectivity index is 2.67. The summed E-state index contributed by atoms with van der Waals surface area (Å²) >= 11 is 5.63. The van der Waals surface area contributed by atoms with Crippen LogP contribution in [0.2, 0.25) is 0 Å². The summed E-state index contributed by atoms with van der Waals surface area (Å²) in [5.41, 5.74) is 1.12. The molecule has 0 spiro atoms. The standard InChI is InChI=1S/C11H15BClNO2/c12-16-8-14-10(11(15)7-13)6-9-4-2-1-3-5-9/h1-5,8,10-11,15H,6-7,12H2/t10-,11+/m0/s1. The van der Waals surface area contributed by atoms with E-state index in [1.165, 1.54) is 14.4 Å². The third kappa shape index (κ3) is 4.25. The molecule has 0 fully saturated rings. The lowest BCUT2D eigenvalue weighted by Gasteiger charge is -2.16. The Bertz CT molecular complexity index is 321. The van der Waals surface area contributed by atoms with Gasteiger partial charge in [-0.3, -0.25) is 4.99 Å². The predicted molar refractivity (Wildman–Crippen MR) is 68.8 cm³/mol. The lowest BCUT2D eigenvalue weighted by Crippen LogP contribution is -2.28. The van der Waals surface area contributed by atoms with Gasteiger partial charge in [-0.1, -0.05) is 30.3 Å². The van der Waals surface area contributed by atoms with Crippen molar-refractivity contribution in [2.24, 2.45) is 4.99 Å². The van der Waals surface area contributed by atoms with Crippen molar-refractivity contribution in [1.82, 2.24) is 0 Å². The van der Waals surface area contributed by atoms with E-state index in [0.29, 0.717) is 6.42 Å². The van der Waals surface area contributed by atoms with Gasteiger partial charge in [0.05, 0.1) is 18.0 Å². The van der Waals surface area contributed by atoms with Gasteiger partial charge in [-0.15, -0.1) is 11.6 Å². The third-order valence-electron chi connectivity index (χ3n) is 2.25. The highest BCUT2D eigenvalue weighted by atomic mass is 35.5. The van der Waals surface area contributed by atoms with Crippen molar-refractivity contribution in [3.8, 4) is 0 Å². The van der Waals surface area contributed by atoms with Gasteiger partial charge < -0.3 is 9.76 Å². The van der Waals surface area contributed by atoms with Crippen LogP contribution in [-0.4, -0.2) is 37.6 Å². The first-order valence-electron chi connectivity index (χ1n) is 5.10. The SMILES string of the molecule is BOC=N[C@@H](Cc1ccccc1)[C@H](O)CCl. The molecule has 1 rings (SSSR count). The molecule has 86 valence electrons. The van der Waals surface area contributed by atoms with Crippen LogP contribution in [0.25, 0.3) is 0 Å². The molecule has 0 amide bonds. The van der Waals surface area contributed by atoms with Crippen LogP contribution in [0.5, 0.6) is 0 Å². The van der Waals surface area contributed by atoms with Crippen molar-refractivity contribution < 1.29 is 9.76 Å². The van der Waals surface area contributed by atoms with E-state index in [-0.39, 0.29) is 11.9 Å². The molecular weight excluding hydrogens is 224 g/mol. The summed E-state index contributed by atoms with van der Waals surface area (Å²) in [6, 6.07) is 9.60. The van der Waals surface area contributed by atoms with Gasteiger partial charge >= 0.3 is 8.05 Å². The largest absolute Gasteiger partial charge is 0.560 e. The molecule has 1 aromatic rings. The summed E-state index contributed by atoms with van der Waals surface area (Å²) in [5.74, 6) is 0.165. The molecule has 0 aliphatic rings. The number of benzene rings is 1. The molecule has 1 aromatic carbocycles. The summed E-state index contributed by atoms with van der Waals surface area (Å²) in [6.07, 6.45) is 1.33. The normalized spacial score (nSPS) is 14.9. The average Bonchev–Trinajstić information content (AvgIpc) is 2.34. The summed E-state index contributed by atoms with van der Waals surface area (Å²) in [6.45, 7) is 0. The maximum atomic E-state index is 9.70. The molecule has 0 saturated heterocycles. The zero-order valence-electron chi connectivity index (χ0n) is 9.21. The summed E-state index contributed by atoms with van der Waals surface area (Å²) in [5, 5.41) is 9.70. The highest BCUT2D eigenvalue weighted by Crippen LogP contribution is 2.10. The Hall–Kier alpha value is -0.995. The second kappa shape index (κ2) is 7.31. The molecule has 0 saturated carbocycles. The van der Waals surface area contributed by atoms with Crippen LogP contribution in [0, 0.1) is 0 Å². The maximum absolute atomic E-state index is 9.70. The van der Waals surface area contributed by atoms with Crippen LogP contribution in [-0.2, 0) is 11.1 Å². The fourth-order valence-corrected chi connectivity index (χ4v) is 1.59. The molecule has 0 unspecified atom stereocenters. The van der Waals surface area contributed by atoms with E-state index in [4.69, 9.17) is 16.3 Å². The van der Waals surface area contributed by atoms with Gasteiger partial charge in [-0.05, 0) is 12.0 Å². The summed E-state index contributed by atoms with van der Waals surface area (Å²) < 4.78 is 4.76. The summed E-state index contributed by atoms with van der Waals surface area (Å²) in [7, 11) is 1.52. The second-order valence-electron chi connectivity index (χ2n) is 3.47. The minimum Gasteiger partial charge on any atom is -0.560 e. The number of rotatable bonds is 6. The quantitative estimate of drug-likeness (QED) is 0.345. The van der Waals surface area contributed by atoms with Crippen molar-refractivity contribution in [2.45, 2.75) is 18.6 Å². The third-order valence-corrected chi connectivity index (χ3v) is 2.56. The van der Waals surface area contributed by atoms with Crippen molar-refractivity contribution >= 4 is 26.1 Å². The number of nitrogens with zero attached hydrogens (tertiary/aromatic N) is 1. The zero-order valence-corrected chi connectivity index (χ0v) is 9.97. The van der Waals surface area contributed by atoms with Crippen LogP contribution in [0.3, 0.4) is 0 Å². The van der Waals surface area contributed by atoms with Gasteiger partial charge in [0, 0.05) is 0 Å². The minimum atomic E-state index is -0.659. The fourth-order valence-electron chi connectivity index (χ4n) is 1.39. The van der Waals surface area contributed by atoms with Crippen LogP contribution in [0.15, 0.2) is 35.3 Å². The number of alkyl halides is 1. The highest BCUT2D eigenvalue weighted by molar-refractivity contribution is 6.18. The molecule has 0 aliphatic carbocycles. The van der Waals surface area contributed by atoms with E-state index in [0.717, 1.165) is 5.56 Å². The molecule has 0 bridgehead atoms. The maximum Gasteiger partial charge on any atom is 0.323 e. The first kappa shape index (κ1) is 13.1. The van der Waals surface area contributed by atoms with E-state index >= 15 is 0 Å². The second-order valence-corrected chi connectivity index (χ2v) is 3.78. The molecular formula is C11H15BClNO2. The molecule has 2 atom stereocenters. The molecule has 0 heterocycles. The molecule has 1 N–H and O–H groups in total. The first-order chi connectivity index (χ1) is 7.77.